The number of carbonyl (C=O) groups is 1. The van der Waals surface area contributed by atoms with E-state index in [9.17, 15) is 22.8 Å². The fraction of sp³-hybridized carbons (Fsp3) is 0.0476. The van der Waals surface area contributed by atoms with E-state index in [0.29, 0.717) is 0 Å². The molecule has 2 aromatic carbocycles. The highest BCUT2D eigenvalue weighted by molar-refractivity contribution is 6.07. The molecule has 4 rings (SSSR count). The van der Waals surface area contributed by atoms with Crippen molar-refractivity contribution in [1.29, 1.82) is 0 Å². The number of pyridine rings is 1. The van der Waals surface area contributed by atoms with Crippen LogP contribution in [0.3, 0.4) is 0 Å². The average molecular weight is 410 g/mol. The van der Waals surface area contributed by atoms with Gasteiger partial charge in [0.05, 0.1) is 28.7 Å². The van der Waals surface area contributed by atoms with Crippen LogP contribution < -0.4 is 10.7 Å². The van der Waals surface area contributed by atoms with E-state index in [0.717, 1.165) is 12.1 Å². The molecule has 2 aromatic heterocycles. The van der Waals surface area contributed by atoms with Gasteiger partial charge in [-0.3, -0.25) is 14.6 Å². The van der Waals surface area contributed by atoms with Crippen LogP contribution >= 0.6 is 0 Å². The molecule has 6 nitrogen and oxygen atoms in total. The summed E-state index contributed by atoms with van der Waals surface area (Å²) in [5.41, 5.74) is -1.05. The van der Waals surface area contributed by atoms with Crippen molar-refractivity contribution in [2.45, 2.75) is 6.18 Å². The highest BCUT2D eigenvalue weighted by atomic mass is 19.4. The predicted octanol–water partition coefficient (Wildman–Crippen LogP) is 4.26. The van der Waals surface area contributed by atoms with Crippen LogP contribution in [0.4, 0.5) is 18.9 Å². The maximum atomic E-state index is 13.4. The highest BCUT2D eigenvalue weighted by Crippen LogP contribution is 2.36. The topological polar surface area (TPSA) is 87.7 Å². The van der Waals surface area contributed by atoms with Gasteiger partial charge in [-0.1, -0.05) is 24.3 Å². The van der Waals surface area contributed by atoms with Crippen LogP contribution in [-0.2, 0) is 6.18 Å². The Morgan fingerprint density at radius 3 is 2.57 bits per heavy atom. The number of para-hydroxylation sites is 1. The summed E-state index contributed by atoms with van der Waals surface area (Å²) in [5, 5.41) is 2.84. The smallest absolute Gasteiger partial charge is 0.353 e. The molecule has 0 aliphatic carbocycles. The number of hydrogen-bond donors (Lipinski definition) is 2. The Kier molecular flexibility index (Phi) is 4.78. The molecule has 0 bridgehead atoms. The summed E-state index contributed by atoms with van der Waals surface area (Å²) in [5.74, 6) is -0.572. The van der Waals surface area contributed by atoms with Crippen LogP contribution in [-0.4, -0.2) is 20.9 Å². The predicted molar refractivity (Wildman–Crippen MR) is 105 cm³/mol. The highest BCUT2D eigenvalue weighted by Gasteiger charge is 2.33. The number of alkyl halides is 3. The number of hydrogen-bond acceptors (Lipinski definition) is 4. The van der Waals surface area contributed by atoms with Crippen molar-refractivity contribution in [2.24, 2.45) is 0 Å². The number of fused-ring (bicyclic) bond motifs is 1. The summed E-state index contributed by atoms with van der Waals surface area (Å²) in [7, 11) is 0. The Morgan fingerprint density at radius 2 is 1.83 bits per heavy atom. The van der Waals surface area contributed by atoms with Gasteiger partial charge in [0, 0.05) is 29.4 Å². The number of carbonyl (C=O) groups excluding carboxylic acids is 1. The average Bonchev–Trinajstić information content (AvgIpc) is 2.74. The Balaban J connectivity index is 1.86. The first-order chi connectivity index (χ1) is 14.3. The summed E-state index contributed by atoms with van der Waals surface area (Å²) in [6, 6.07) is 10.7. The Hall–Kier alpha value is -4.01. The van der Waals surface area contributed by atoms with Crippen molar-refractivity contribution in [1.82, 2.24) is 15.0 Å². The summed E-state index contributed by atoms with van der Waals surface area (Å²) >= 11 is 0. The molecule has 1 amide bonds. The standard InChI is InChI=1S/C21H13F3N4O2/c22-21(23,24)14-6-2-1-4-12(14)16-10-18(29)13-5-3-7-15(19(13)27-16)28-20(30)17-11-25-8-9-26-17/h1-11H,(H,27,29)(H,28,30). The number of H-pyrrole nitrogens is 1. The zero-order valence-corrected chi connectivity index (χ0v) is 15.2. The van der Waals surface area contributed by atoms with E-state index < -0.39 is 23.1 Å². The third-order valence-electron chi connectivity index (χ3n) is 4.43. The van der Waals surface area contributed by atoms with E-state index in [2.05, 4.69) is 20.3 Å². The molecule has 0 radical (unpaired) electrons. The van der Waals surface area contributed by atoms with Gasteiger partial charge in [-0.25, -0.2) is 4.98 Å². The number of nitrogens with one attached hydrogen (secondary N) is 2. The molecule has 0 spiro atoms. The van der Waals surface area contributed by atoms with Crippen molar-refractivity contribution in [3.63, 3.8) is 0 Å². The van der Waals surface area contributed by atoms with Gasteiger partial charge in [-0.05, 0) is 18.2 Å². The maximum absolute atomic E-state index is 13.4. The van der Waals surface area contributed by atoms with Crippen molar-refractivity contribution in [3.05, 3.63) is 88.6 Å². The molecule has 2 N–H and O–H groups in total. The Bertz CT molecular complexity index is 1300. The van der Waals surface area contributed by atoms with Crippen molar-refractivity contribution in [2.75, 3.05) is 5.32 Å². The first-order valence-corrected chi connectivity index (χ1v) is 8.74. The molecule has 0 atom stereocenters. The van der Waals surface area contributed by atoms with Crippen LogP contribution in [0.5, 0.6) is 0 Å². The van der Waals surface area contributed by atoms with Gasteiger partial charge >= 0.3 is 6.18 Å². The maximum Gasteiger partial charge on any atom is 0.417 e. The van der Waals surface area contributed by atoms with E-state index in [1.165, 1.54) is 48.9 Å². The largest absolute Gasteiger partial charge is 0.417 e. The minimum atomic E-state index is -4.60. The molecule has 0 unspecified atom stereocenters. The third kappa shape index (κ3) is 3.64. The van der Waals surface area contributed by atoms with Gasteiger partial charge in [-0.2, -0.15) is 13.2 Å². The number of amides is 1. The first kappa shape index (κ1) is 19.3. The van der Waals surface area contributed by atoms with Gasteiger partial charge in [0.25, 0.3) is 5.91 Å². The number of anilines is 1. The molecule has 9 heteroatoms. The number of aromatic nitrogens is 3. The normalized spacial score (nSPS) is 11.4. The summed E-state index contributed by atoms with van der Waals surface area (Å²) in [6.07, 6.45) is -0.557. The van der Waals surface area contributed by atoms with Crippen LogP contribution in [0.2, 0.25) is 0 Å². The van der Waals surface area contributed by atoms with E-state index in [4.69, 9.17) is 0 Å². The Labute approximate surface area is 167 Å². The molecule has 30 heavy (non-hydrogen) atoms. The number of aromatic amines is 1. The lowest BCUT2D eigenvalue weighted by molar-refractivity contribution is -0.137. The fourth-order valence-corrected chi connectivity index (χ4v) is 3.09. The monoisotopic (exact) mass is 410 g/mol. The molecule has 0 aliphatic heterocycles. The molecule has 0 saturated heterocycles. The molecular weight excluding hydrogens is 397 g/mol. The number of nitrogens with zero attached hydrogens (tertiary/aromatic N) is 2. The molecule has 150 valence electrons. The minimum Gasteiger partial charge on any atom is -0.353 e. The van der Waals surface area contributed by atoms with E-state index >= 15 is 0 Å². The molecule has 0 fully saturated rings. The van der Waals surface area contributed by atoms with Crippen LogP contribution in [0.15, 0.2) is 71.9 Å². The summed E-state index contributed by atoms with van der Waals surface area (Å²) in [4.78, 5) is 35.6. The van der Waals surface area contributed by atoms with Crippen LogP contribution in [0.1, 0.15) is 16.1 Å². The lowest BCUT2D eigenvalue weighted by Crippen LogP contribution is -2.15. The van der Waals surface area contributed by atoms with Gasteiger partial charge in [0.15, 0.2) is 5.43 Å². The first-order valence-electron chi connectivity index (χ1n) is 8.74. The zero-order valence-electron chi connectivity index (χ0n) is 15.2. The lowest BCUT2D eigenvalue weighted by Gasteiger charge is -2.14. The quantitative estimate of drug-likeness (QED) is 0.528. The minimum absolute atomic E-state index is 0.0124. The zero-order chi connectivity index (χ0) is 21.3. The second-order valence-corrected chi connectivity index (χ2v) is 6.36. The molecule has 2 heterocycles. The number of halogens is 3. The molecule has 0 saturated carbocycles. The van der Waals surface area contributed by atoms with Crippen LogP contribution in [0.25, 0.3) is 22.2 Å². The van der Waals surface area contributed by atoms with Crippen molar-refractivity contribution >= 4 is 22.5 Å². The van der Waals surface area contributed by atoms with Gasteiger partial charge in [0.1, 0.15) is 5.69 Å². The molecule has 0 aliphatic rings. The van der Waals surface area contributed by atoms with Gasteiger partial charge in [0.2, 0.25) is 0 Å². The van der Waals surface area contributed by atoms with Crippen molar-refractivity contribution in [3.8, 4) is 11.3 Å². The number of rotatable bonds is 3. The van der Waals surface area contributed by atoms with Crippen LogP contribution in [0, 0.1) is 0 Å². The molecular formula is C21H13F3N4O2. The lowest BCUT2D eigenvalue weighted by atomic mass is 10.0. The Morgan fingerprint density at radius 1 is 1.03 bits per heavy atom. The third-order valence-corrected chi connectivity index (χ3v) is 4.43. The second-order valence-electron chi connectivity index (χ2n) is 6.36. The van der Waals surface area contributed by atoms with E-state index in [1.807, 2.05) is 0 Å². The van der Waals surface area contributed by atoms with E-state index in [1.54, 1.807) is 6.07 Å². The van der Waals surface area contributed by atoms with E-state index in [-0.39, 0.29) is 33.5 Å². The summed E-state index contributed by atoms with van der Waals surface area (Å²) in [6.45, 7) is 0. The molecule has 4 aromatic rings. The van der Waals surface area contributed by atoms with Crippen molar-refractivity contribution < 1.29 is 18.0 Å². The summed E-state index contributed by atoms with van der Waals surface area (Å²) < 4.78 is 40.3. The van der Waals surface area contributed by atoms with Gasteiger partial charge in [-0.15, -0.1) is 0 Å². The van der Waals surface area contributed by atoms with Gasteiger partial charge < -0.3 is 10.3 Å². The SMILES string of the molecule is O=C(Nc1cccc2c(=O)cc(-c3ccccc3C(F)(F)F)[nH]c12)c1cnccn1. The second kappa shape index (κ2) is 7.43. The number of benzene rings is 2. The fourth-order valence-electron chi connectivity index (χ4n) is 3.09.